The molecule has 346 valence electrons. The highest BCUT2D eigenvalue weighted by atomic mass is 32.2. The fourth-order valence-corrected chi connectivity index (χ4v) is 12.6. The fraction of sp³-hybridized carbons (Fsp3) is 0.451. The summed E-state index contributed by atoms with van der Waals surface area (Å²) in [5, 5.41) is 15.7. The number of alkyl carbamates (subject to hydrolysis) is 1. The van der Waals surface area contributed by atoms with Crippen molar-refractivity contribution in [3.63, 3.8) is 0 Å². The first-order chi connectivity index (χ1) is 31.0. The molecular weight excluding hydrogens is 865 g/mol. The lowest BCUT2D eigenvalue weighted by Gasteiger charge is -2.29. The molecule has 0 bridgehead atoms. The Balaban J connectivity index is 1.02. The summed E-state index contributed by atoms with van der Waals surface area (Å²) >= 11 is 1.60. The Kier molecular flexibility index (Phi) is 13.7. The zero-order valence-electron chi connectivity index (χ0n) is 38.1. The molecule has 4 aromatic carbocycles. The lowest BCUT2D eigenvalue weighted by Crippen LogP contribution is -2.43. The molecule has 3 aliphatic rings. The minimum atomic E-state index is -3.88. The minimum Gasteiger partial charge on any atom is -0.497 e. The monoisotopic (exact) mass is 924 g/mol. The van der Waals surface area contributed by atoms with Gasteiger partial charge in [-0.25, -0.2) is 18.0 Å². The van der Waals surface area contributed by atoms with Crippen molar-refractivity contribution in [1.82, 2.24) is 9.62 Å². The van der Waals surface area contributed by atoms with E-state index < -0.39 is 40.0 Å². The summed E-state index contributed by atoms with van der Waals surface area (Å²) in [6.45, 7) is 11.7. The highest BCUT2D eigenvalue weighted by molar-refractivity contribution is 7.89. The molecule has 14 heteroatoms. The molecule has 1 aromatic heterocycles. The van der Waals surface area contributed by atoms with Crippen molar-refractivity contribution in [2.45, 2.75) is 103 Å². The number of thiophene rings is 1. The third-order valence-corrected chi connectivity index (χ3v) is 16.3. The zero-order valence-corrected chi connectivity index (χ0v) is 39.7. The Morgan fingerprint density at radius 1 is 0.969 bits per heavy atom. The third-order valence-electron chi connectivity index (χ3n) is 13.1. The predicted octanol–water partition coefficient (Wildman–Crippen LogP) is 9.89. The molecule has 1 amide bonds. The van der Waals surface area contributed by atoms with E-state index >= 15 is 0 Å². The number of aryl methyl sites for hydroxylation is 1. The number of carbonyl (C=O) groups excluding carboxylic acids is 1. The number of carbonyl (C=O) groups is 2. The summed E-state index contributed by atoms with van der Waals surface area (Å²) in [5.74, 6) is -0.534. The van der Waals surface area contributed by atoms with E-state index in [2.05, 4.69) is 31.3 Å². The number of ether oxygens (including phenoxy) is 5. The molecule has 2 fully saturated rings. The van der Waals surface area contributed by atoms with E-state index in [1.54, 1.807) is 35.6 Å². The van der Waals surface area contributed by atoms with Crippen LogP contribution in [-0.2, 0) is 50.1 Å². The van der Waals surface area contributed by atoms with Crippen LogP contribution < -0.4 is 14.8 Å². The summed E-state index contributed by atoms with van der Waals surface area (Å²) in [6, 6.07) is 25.7. The van der Waals surface area contributed by atoms with E-state index in [9.17, 15) is 23.1 Å². The van der Waals surface area contributed by atoms with Gasteiger partial charge in [0.15, 0.2) is 5.79 Å². The largest absolute Gasteiger partial charge is 0.497 e. The van der Waals surface area contributed by atoms with Crippen LogP contribution >= 0.6 is 11.3 Å². The Bertz CT molecular complexity index is 2630. The van der Waals surface area contributed by atoms with Gasteiger partial charge in [0.25, 0.3) is 0 Å². The van der Waals surface area contributed by atoms with Crippen LogP contribution in [-0.4, -0.2) is 81.2 Å². The van der Waals surface area contributed by atoms with E-state index in [0.29, 0.717) is 43.1 Å². The van der Waals surface area contributed by atoms with Crippen molar-refractivity contribution in [1.29, 1.82) is 0 Å². The number of nitrogens with one attached hydrogen (secondary N) is 1. The van der Waals surface area contributed by atoms with Crippen LogP contribution in [0, 0.1) is 17.3 Å². The molecule has 0 saturated carbocycles. The van der Waals surface area contributed by atoms with E-state index in [-0.39, 0.29) is 41.9 Å². The van der Waals surface area contributed by atoms with Gasteiger partial charge in [-0.05, 0) is 121 Å². The molecule has 1 aliphatic carbocycles. The zero-order chi connectivity index (χ0) is 46.1. The Morgan fingerprint density at radius 2 is 1.71 bits per heavy atom. The number of methoxy groups -OCH3 is 1. The van der Waals surface area contributed by atoms with Crippen LogP contribution in [0.3, 0.4) is 0 Å². The van der Waals surface area contributed by atoms with Gasteiger partial charge in [0.2, 0.25) is 10.0 Å². The molecule has 12 nitrogen and oxygen atoms in total. The third kappa shape index (κ3) is 10.2. The second-order valence-corrected chi connectivity index (χ2v) is 21.9. The van der Waals surface area contributed by atoms with Crippen LogP contribution in [0.5, 0.6) is 11.5 Å². The smallest absolute Gasteiger partial charge is 0.407 e. The van der Waals surface area contributed by atoms with Gasteiger partial charge < -0.3 is 34.1 Å². The number of amides is 1. The Labute approximate surface area is 386 Å². The fourth-order valence-electron chi connectivity index (χ4n) is 9.58. The van der Waals surface area contributed by atoms with E-state index in [1.807, 2.05) is 69.3 Å². The first kappa shape index (κ1) is 46.5. The van der Waals surface area contributed by atoms with Gasteiger partial charge in [0.1, 0.15) is 24.2 Å². The number of fused-ring (bicyclic) bond motifs is 3. The van der Waals surface area contributed by atoms with Gasteiger partial charge in [-0.1, -0.05) is 76.2 Å². The van der Waals surface area contributed by atoms with Gasteiger partial charge in [0.05, 0.1) is 41.6 Å². The number of sulfonamides is 1. The number of nitrogens with zero attached hydrogens (tertiary/aromatic N) is 1. The van der Waals surface area contributed by atoms with Crippen molar-refractivity contribution in [2.75, 3.05) is 33.4 Å². The maximum Gasteiger partial charge on any atom is 0.407 e. The molecule has 2 aliphatic heterocycles. The Hall–Kier alpha value is -4.99. The lowest BCUT2D eigenvalue weighted by molar-refractivity contribution is -0.181. The molecule has 0 unspecified atom stereocenters. The van der Waals surface area contributed by atoms with Gasteiger partial charge >= 0.3 is 12.1 Å². The van der Waals surface area contributed by atoms with E-state index in [1.165, 1.54) is 11.4 Å². The molecule has 0 spiro atoms. The molecule has 65 heavy (non-hydrogen) atoms. The first-order valence-corrected chi connectivity index (χ1v) is 24.8. The minimum absolute atomic E-state index is 0.0247. The van der Waals surface area contributed by atoms with E-state index in [4.69, 9.17) is 23.7 Å². The van der Waals surface area contributed by atoms with Crippen molar-refractivity contribution in [2.24, 2.45) is 17.3 Å². The molecule has 2 saturated heterocycles. The normalized spacial score (nSPS) is 20.7. The molecule has 0 radical (unpaired) electrons. The highest BCUT2D eigenvalue weighted by Crippen LogP contribution is 2.48. The summed E-state index contributed by atoms with van der Waals surface area (Å²) in [7, 11) is -2.34. The first-order valence-electron chi connectivity index (χ1n) is 22.5. The van der Waals surface area contributed by atoms with Crippen LogP contribution in [0.25, 0.3) is 21.2 Å². The molecule has 4 atom stereocenters. The number of rotatable bonds is 17. The van der Waals surface area contributed by atoms with Crippen LogP contribution in [0.2, 0.25) is 0 Å². The van der Waals surface area contributed by atoms with Gasteiger partial charge in [-0.15, -0.1) is 11.3 Å². The molecule has 2 N–H and O–H groups in total. The average molecular weight is 925 g/mol. The maximum atomic E-state index is 14.0. The second kappa shape index (κ2) is 19.1. The van der Waals surface area contributed by atoms with Crippen molar-refractivity contribution >= 4 is 44.2 Å². The SMILES string of the molecule is COc1ccc(S(=O)(=O)N(CC[C@H](Cc2ccc(OCc3ccc4ccccc4c3-c3sc4c(c3C(=O)O)CC(C)(C)CC4)cc2)NC(=O)O[C@H]2CO[C@@]3(C)OCC[C@@H]23)CC(C)C)cc1. The summed E-state index contributed by atoms with van der Waals surface area (Å²) in [4.78, 5) is 28.7. The standard InChI is InChI=1S/C51H60N2O10S2/c1-32(2)29-53(65(57,58)39-19-17-37(59-6)18-20-39)25-22-36(52-49(56)63-43-31-62-51(5)42(43)23-26-61-51)27-33-11-15-38(16-12-33)60-30-35-14-13-34-9-7-8-10-40(34)45(35)47-46(48(54)55)41-28-50(3,4)24-21-44(41)64-47/h7-20,32,36,42-43H,21-31H2,1-6H3,(H,52,56)(H,54,55)/t36-,42+,43+,51-/m1/s1. The average Bonchev–Trinajstić information content (AvgIpc) is 3.94. The summed E-state index contributed by atoms with van der Waals surface area (Å²) in [5.41, 5.74) is 4.07. The molecule has 3 heterocycles. The summed E-state index contributed by atoms with van der Waals surface area (Å²) < 4.78 is 58.9. The van der Waals surface area contributed by atoms with Crippen LogP contribution in [0.15, 0.2) is 89.8 Å². The van der Waals surface area contributed by atoms with Crippen molar-refractivity contribution in [3.8, 4) is 21.9 Å². The maximum absolute atomic E-state index is 14.0. The number of carboxylic acid groups (broad SMARTS) is 1. The quantitative estimate of drug-likeness (QED) is 0.0923. The second-order valence-electron chi connectivity index (χ2n) is 18.9. The Morgan fingerprint density at radius 3 is 2.43 bits per heavy atom. The number of benzene rings is 4. The van der Waals surface area contributed by atoms with E-state index in [0.717, 1.165) is 68.5 Å². The molecule has 8 rings (SSSR count). The van der Waals surface area contributed by atoms with Gasteiger partial charge in [-0.3, -0.25) is 0 Å². The highest BCUT2D eigenvalue weighted by Gasteiger charge is 2.53. The van der Waals surface area contributed by atoms with Crippen LogP contribution in [0.1, 0.15) is 85.8 Å². The molecular formula is C51H60N2O10S2. The number of aromatic carboxylic acids is 1. The lowest BCUT2D eigenvalue weighted by atomic mass is 9.75. The number of hydrogen-bond acceptors (Lipinski definition) is 10. The van der Waals surface area contributed by atoms with Gasteiger partial charge in [0, 0.05) is 29.6 Å². The molecule has 5 aromatic rings. The topological polar surface area (TPSA) is 150 Å². The summed E-state index contributed by atoms with van der Waals surface area (Å²) in [6.07, 6.45) is 2.96. The van der Waals surface area contributed by atoms with Gasteiger partial charge in [-0.2, -0.15) is 4.31 Å². The predicted molar refractivity (Wildman–Crippen MR) is 251 cm³/mol. The van der Waals surface area contributed by atoms with Crippen LogP contribution in [0.4, 0.5) is 4.79 Å². The van der Waals surface area contributed by atoms with Crippen molar-refractivity contribution < 1.29 is 46.8 Å². The number of carboxylic acids is 1. The van der Waals surface area contributed by atoms with Crippen molar-refractivity contribution in [3.05, 3.63) is 112 Å². The number of hydrogen-bond donors (Lipinski definition) is 2.